The van der Waals surface area contributed by atoms with Gasteiger partial charge in [0.25, 0.3) is 5.91 Å². The molecule has 1 atom stereocenters. The number of thiophene rings is 1. The number of anilines is 1. The van der Waals surface area contributed by atoms with Crippen LogP contribution in [-0.4, -0.2) is 22.0 Å². The lowest BCUT2D eigenvalue weighted by Gasteiger charge is -2.16. The Morgan fingerprint density at radius 2 is 1.83 bits per heavy atom. The molecule has 0 spiro atoms. The van der Waals surface area contributed by atoms with Crippen LogP contribution in [0.2, 0.25) is 0 Å². The molecule has 7 heteroatoms. The number of benzene rings is 1. The molecule has 0 fully saturated rings. The van der Waals surface area contributed by atoms with Crippen LogP contribution in [0.4, 0.5) is 5.00 Å². The van der Waals surface area contributed by atoms with Gasteiger partial charge in [0.15, 0.2) is 0 Å². The average Bonchev–Trinajstić information content (AvgIpc) is 2.94. The fourth-order valence-electron chi connectivity index (χ4n) is 3.55. The Kier molecular flexibility index (Phi) is 6.53. The number of aromatic nitrogens is 1. The number of nitrogens with one attached hydrogen (secondary N) is 1. The molecule has 3 rings (SSSR count). The van der Waals surface area contributed by atoms with Gasteiger partial charge >= 0.3 is 0 Å². The fraction of sp³-hybridized carbons (Fsp3) is 0.348. The lowest BCUT2D eigenvalue weighted by atomic mass is 10.0. The lowest BCUT2D eigenvalue weighted by Crippen LogP contribution is -2.25. The second kappa shape index (κ2) is 8.78. The smallest absolute Gasteiger partial charge is 0.251 e. The Balaban J connectivity index is 1.88. The number of amides is 2. The predicted octanol–water partition coefficient (Wildman–Crippen LogP) is 5.45. The zero-order valence-electron chi connectivity index (χ0n) is 18.2. The molecule has 158 valence electrons. The zero-order valence-corrected chi connectivity index (χ0v) is 19.8. The molecule has 30 heavy (non-hydrogen) atoms. The summed E-state index contributed by atoms with van der Waals surface area (Å²) in [5.41, 5.74) is 11.2. The number of carbonyl (C=O) groups excluding carboxylic acids is 2. The molecular formula is C23H27N3O2S2. The van der Waals surface area contributed by atoms with E-state index in [9.17, 15) is 9.59 Å². The first-order chi connectivity index (χ1) is 14.1. The first kappa shape index (κ1) is 22.3. The van der Waals surface area contributed by atoms with E-state index in [2.05, 4.69) is 38.2 Å². The topological polar surface area (TPSA) is 85.1 Å². The van der Waals surface area contributed by atoms with Crippen molar-refractivity contribution >= 4 is 50.8 Å². The molecule has 0 aliphatic carbocycles. The summed E-state index contributed by atoms with van der Waals surface area (Å²) in [7, 11) is 0. The molecule has 0 saturated carbocycles. The molecule has 2 amide bonds. The quantitative estimate of drug-likeness (QED) is 0.498. The van der Waals surface area contributed by atoms with E-state index in [0.29, 0.717) is 17.0 Å². The van der Waals surface area contributed by atoms with Crippen molar-refractivity contribution < 1.29 is 9.59 Å². The summed E-state index contributed by atoms with van der Waals surface area (Å²) in [6.07, 6.45) is 0.636. The average molecular weight is 442 g/mol. The van der Waals surface area contributed by atoms with Crippen LogP contribution >= 0.6 is 23.1 Å². The third-order valence-corrected chi connectivity index (χ3v) is 7.63. The molecule has 0 aliphatic heterocycles. The summed E-state index contributed by atoms with van der Waals surface area (Å²) in [5.74, 6) is -0.670. The molecule has 1 unspecified atom stereocenters. The van der Waals surface area contributed by atoms with Gasteiger partial charge in [0.05, 0.1) is 21.4 Å². The molecule has 2 aromatic heterocycles. The third kappa shape index (κ3) is 4.37. The van der Waals surface area contributed by atoms with Gasteiger partial charge in [-0.1, -0.05) is 30.3 Å². The van der Waals surface area contributed by atoms with Crippen LogP contribution in [0.15, 0.2) is 23.2 Å². The van der Waals surface area contributed by atoms with Gasteiger partial charge in [0, 0.05) is 10.3 Å². The first-order valence-corrected chi connectivity index (χ1v) is 11.6. The number of primary amides is 1. The molecule has 3 aromatic rings. The Morgan fingerprint density at radius 1 is 1.13 bits per heavy atom. The highest BCUT2D eigenvalue weighted by Gasteiger charge is 2.24. The van der Waals surface area contributed by atoms with E-state index in [1.807, 2.05) is 26.8 Å². The highest BCUT2D eigenvalue weighted by Crippen LogP contribution is 2.34. The summed E-state index contributed by atoms with van der Waals surface area (Å²) >= 11 is 2.83. The van der Waals surface area contributed by atoms with E-state index in [0.717, 1.165) is 37.5 Å². The van der Waals surface area contributed by atoms with Crippen LogP contribution in [0, 0.1) is 34.6 Å². The minimum absolute atomic E-state index is 0.147. The van der Waals surface area contributed by atoms with Crippen molar-refractivity contribution in [1.29, 1.82) is 0 Å². The van der Waals surface area contributed by atoms with Crippen LogP contribution in [0.1, 0.15) is 50.8 Å². The third-order valence-electron chi connectivity index (χ3n) is 5.23. The van der Waals surface area contributed by atoms with E-state index in [-0.39, 0.29) is 11.2 Å². The highest BCUT2D eigenvalue weighted by molar-refractivity contribution is 8.00. The van der Waals surface area contributed by atoms with Crippen molar-refractivity contribution in [3.8, 4) is 0 Å². The lowest BCUT2D eigenvalue weighted by molar-refractivity contribution is -0.115. The maximum atomic E-state index is 13.0. The molecule has 3 N–H and O–H groups in total. The Morgan fingerprint density at radius 3 is 2.47 bits per heavy atom. The summed E-state index contributed by atoms with van der Waals surface area (Å²) < 4.78 is 0. The van der Waals surface area contributed by atoms with E-state index >= 15 is 0 Å². The Labute approximate surface area is 185 Å². The zero-order chi connectivity index (χ0) is 22.2. The number of carbonyl (C=O) groups is 2. The standard InChI is InChI=1S/C23H27N3O2S2/c1-7-17(22(28)26-23-19(21(24)27)14(5)15(6)29-23)30-18-10-12(3)16-9-11(2)8-13(4)20(16)25-18/h8-10,17H,7H2,1-6H3,(H2,24,27)(H,26,28). The van der Waals surface area contributed by atoms with Crippen LogP contribution in [0.25, 0.3) is 10.9 Å². The number of hydrogen-bond donors (Lipinski definition) is 2. The number of thioether (sulfide) groups is 1. The van der Waals surface area contributed by atoms with Crippen molar-refractivity contribution in [2.75, 3.05) is 5.32 Å². The van der Waals surface area contributed by atoms with Gasteiger partial charge in [0.2, 0.25) is 5.91 Å². The van der Waals surface area contributed by atoms with E-state index in [1.165, 1.54) is 28.7 Å². The molecule has 5 nitrogen and oxygen atoms in total. The van der Waals surface area contributed by atoms with Crippen LogP contribution < -0.4 is 11.1 Å². The van der Waals surface area contributed by atoms with Crippen molar-refractivity contribution in [1.82, 2.24) is 4.98 Å². The molecule has 0 saturated heterocycles. The Hall–Kier alpha value is -2.38. The SMILES string of the molecule is CCC(Sc1cc(C)c2cc(C)cc(C)c2n1)C(=O)Nc1sc(C)c(C)c1C(N)=O. The summed E-state index contributed by atoms with van der Waals surface area (Å²) in [5, 5.41) is 5.08. The fourth-order valence-corrected chi connectivity index (χ4v) is 5.63. The number of nitrogens with zero attached hydrogens (tertiary/aromatic N) is 1. The predicted molar refractivity (Wildman–Crippen MR) is 127 cm³/mol. The number of hydrogen-bond acceptors (Lipinski definition) is 5. The molecular weight excluding hydrogens is 414 g/mol. The van der Waals surface area contributed by atoms with Crippen molar-refractivity contribution in [2.45, 2.75) is 58.2 Å². The minimum atomic E-state index is -0.523. The molecule has 2 heterocycles. The van der Waals surface area contributed by atoms with Gasteiger partial charge in [-0.3, -0.25) is 9.59 Å². The van der Waals surface area contributed by atoms with Crippen molar-refractivity contribution in [3.63, 3.8) is 0 Å². The minimum Gasteiger partial charge on any atom is -0.365 e. The molecule has 0 radical (unpaired) electrons. The number of pyridine rings is 1. The van der Waals surface area contributed by atoms with Crippen LogP contribution in [-0.2, 0) is 4.79 Å². The summed E-state index contributed by atoms with van der Waals surface area (Å²) in [6, 6.07) is 6.31. The van der Waals surface area contributed by atoms with Gasteiger partial charge in [-0.05, 0) is 69.9 Å². The molecule has 0 bridgehead atoms. The van der Waals surface area contributed by atoms with E-state index < -0.39 is 5.91 Å². The normalized spacial score (nSPS) is 12.2. The maximum absolute atomic E-state index is 13.0. The van der Waals surface area contributed by atoms with Crippen LogP contribution in [0.3, 0.4) is 0 Å². The molecule has 1 aromatic carbocycles. The van der Waals surface area contributed by atoms with Gasteiger partial charge in [-0.2, -0.15) is 0 Å². The van der Waals surface area contributed by atoms with Gasteiger partial charge < -0.3 is 11.1 Å². The van der Waals surface area contributed by atoms with Gasteiger partial charge in [-0.25, -0.2) is 4.98 Å². The number of nitrogens with two attached hydrogens (primary N) is 1. The second-order valence-electron chi connectivity index (χ2n) is 7.61. The van der Waals surface area contributed by atoms with Crippen molar-refractivity contribution in [2.24, 2.45) is 5.73 Å². The number of fused-ring (bicyclic) bond motifs is 1. The van der Waals surface area contributed by atoms with Crippen molar-refractivity contribution in [3.05, 3.63) is 50.9 Å². The van der Waals surface area contributed by atoms with Crippen LogP contribution in [0.5, 0.6) is 0 Å². The maximum Gasteiger partial charge on any atom is 0.251 e. The monoisotopic (exact) mass is 441 g/mol. The summed E-state index contributed by atoms with van der Waals surface area (Å²) in [6.45, 7) is 12.0. The number of aryl methyl sites for hydroxylation is 4. The largest absolute Gasteiger partial charge is 0.365 e. The Bertz CT molecular complexity index is 1150. The first-order valence-electron chi connectivity index (χ1n) is 9.88. The van der Waals surface area contributed by atoms with Gasteiger partial charge in [-0.15, -0.1) is 11.3 Å². The van der Waals surface area contributed by atoms with Gasteiger partial charge in [0.1, 0.15) is 5.00 Å². The van der Waals surface area contributed by atoms with E-state index in [4.69, 9.17) is 10.7 Å². The summed E-state index contributed by atoms with van der Waals surface area (Å²) in [4.78, 5) is 30.6. The molecule has 0 aliphatic rings. The van der Waals surface area contributed by atoms with E-state index in [1.54, 1.807) is 0 Å². The second-order valence-corrected chi connectivity index (χ2v) is 10.1. The number of rotatable bonds is 6. The highest BCUT2D eigenvalue weighted by atomic mass is 32.2.